The molecule has 0 radical (unpaired) electrons. The summed E-state index contributed by atoms with van der Waals surface area (Å²) in [5, 5.41) is 20.5. The van der Waals surface area contributed by atoms with Crippen molar-refractivity contribution in [3.63, 3.8) is 0 Å². The maximum Gasteiger partial charge on any atom is 0.488 e. The van der Waals surface area contributed by atoms with Gasteiger partial charge in [-0.1, -0.05) is 12.2 Å². The van der Waals surface area contributed by atoms with Gasteiger partial charge in [0, 0.05) is 6.66 Å². The topological polar surface area (TPSA) is 236 Å². The van der Waals surface area contributed by atoms with Crippen LogP contribution in [0.4, 0.5) is 0 Å². The van der Waals surface area contributed by atoms with E-state index < -0.39 is 54.4 Å². The highest BCUT2D eigenvalue weighted by Crippen LogP contribution is 2.66. The fraction of sp³-hybridized carbons (Fsp3) is 0.545. The number of hydrogen-bond donors (Lipinski definition) is 6. The van der Waals surface area contributed by atoms with Crippen LogP contribution in [-0.4, -0.2) is 76.0 Å². The van der Waals surface area contributed by atoms with E-state index in [-0.39, 0.29) is 4.64 Å². The van der Waals surface area contributed by atoms with Crippen LogP contribution in [0.2, 0.25) is 0 Å². The van der Waals surface area contributed by atoms with E-state index in [1.807, 2.05) is 0 Å². The van der Waals surface area contributed by atoms with Crippen LogP contribution in [0.25, 0.3) is 11.2 Å². The molecule has 0 spiro atoms. The van der Waals surface area contributed by atoms with Crippen molar-refractivity contribution in [2.75, 3.05) is 13.3 Å². The highest BCUT2D eigenvalue weighted by Gasteiger charge is 2.46. The largest absolute Gasteiger partial charge is 0.488 e. The molecule has 0 saturated carbocycles. The summed E-state index contributed by atoms with van der Waals surface area (Å²) in [6.07, 6.45) is -3.20. The number of aromatic nitrogens is 4. The third kappa shape index (κ3) is 5.92. The molecule has 2 aromatic heterocycles. The SMILES string of the molecule is CP(=O)(O)OP(=O)(O)OP(=O)(O)OC[C@H]1O[C@@H](n2cnc3c(=S)nc[nH]c32)[C@H](O)[C@@H]1O. The molecular formula is C11H17N4O12P3S. The number of phosphoric ester groups is 1. The molecule has 6 N–H and O–H groups in total. The summed E-state index contributed by atoms with van der Waals surface area (Å²) >= 11 is 5.04. The molecule has 1 aliphatic heterocycles. The third-order valence-electron chi connectivity index (χ3n) is 3.85. The Bertz CT molecular complexity index is 1160. The standard InChI is InChI=1S/C11H17N4O12P3S/c1-28(18,19)26-30(22,23)27-29(20,21)24-2-5-7(16)8(17)11(25-5)15-4-14-6-9(15)12-3-13-10(6)31/h3-5,7-8,11,16-17H,2H2,1H3,(H,18,19)(H,20,21)(H,22,23)(H,12,13,31)/t5-,7-,8-,11-/m1/s1. The first-order valence-corrected chi connectivity index (χ1v) is 13.6. The number of H-pyrrole nitrogens is 1. The fourth-order valence-electron chi connectivity index (χ4n) is 2.69. The van der Waals surface area contributed by atoms with Crippen molar-refractivity contribution in [1.29, 1.82) is 0 Å². The van der Waals surface area contributed by atoms with E-state index in [0.29, 0.717) is 17.8 Å². The van der Waals surface area contributed by atoms with Gasteiger partial charge in [-0.05, 0) is 0 Å². The minimum Gasteiger partial charge on any atom is -0.387 e. The van der Waals surface area contributed by atoms with Gasteiger partial charge in [0.05, 0.1) is 19.3 Å². The molecule has 1 saturated heterocycles. The van der Waals surface area contributed by atoms with Gasteiger partial charge >= 0.3 is 23.2 Å². The molecule has 3 heterocycles. The Labute approximate surface area is 178 Å². The molecule has 16 nitrogen and oxygen atoms in total. The van der Waals surface area contributed by atoms with Crippen LogP contribution >= 0.6 is 35.5 Å². The van der Waals surface area contributed by atoms with E-state index in [9.17, 15) is 33.7 Å². The van der Waals surface area contributed by atoms with Crippen molar-refractivity contribution in [3.8, 4) is 0 Å². The Morgan fingerprint density at radius 3 is 2.48 bits per heavy atom. The molecule has 31 heavy (non-hydrogen) atoms. The van der Waals surface area contributed by atoms with Crippen LogP contribution in [0, 0.1) is 4.64 Å². The van der Waals surface area contributed by atoms with Gasteiger partial charge in [-0.15, -0.1) is 0 Å². The summed E-state index contributed by atoms with van der Waals surface area (Å²) in [6, 6.07) is 0. The van der Waals surface area contributed by atoms with Crippen molar-refractivity contribution in [2.24, 2.45) is 0 Å². The lowest BCUT2D eigenvalue weighted by atomic mass is 10.1. The second kappa shape index (κ2) is 8.80. The Morgan fingerprint density at radius 1 is 1.16 bits per heavy atom. The zero-order chi connectivity index (χ0) is 23.2. The number of nitrogens with zero attached hydrogens (tertiary/aromatic N) is 3. The van der Waals surface area contributed by atoms with E-state index in [2.05, 4.69) is 28.1 Å². The zero-order valence-corrected chi connectivity index (χ0v) is 18.9. The normalized spacial score (nSPS) is 30.0. The van der Waals surface area contributed by atoms with Crippen LogP contribution in [0.1, 0.15) is 6.23 Å². The molecule has 0 aliphatic carbocycles. The van der Waals surface area contributed by atoms with Crippen molar-refractivity contribution >= 4 is 46.6 Å². The van der Waals surface area contributed by atoms with E-state index >= 15 is 0 Å². The molecule has 3 unspecified atom stereocenters. The molecule has 174 valence electrons. The Morgan fingerprint density at radius 2 is 1.84 bits per heavy atom. The average Bonchev–Trinajstić information content (AvgIpc) is 3.13. The van der Waals surface area contributed by atoms with Crippen LogP contribution in [0.15, 0.2) is 12.7 Å². The van der Waals surface area contributed by atoms with Crippen LogP contribution in [-0.2, 0) is 31.6 Å². The van der Waals surface area contributed by atoms with Gasteiger partial charge in [-0.3, -0.25) is 13.7 Å². The number of aromatic amines is 1. The van der Waals surface area contributed by atoms with Gasteiger partial charge in [-0.25, -0.2) is 23.4 Å². The molecule has 1 fully saturated rings. The molecular weight excluding hydrogens is 505 g/mol. The Kier molecular flexibility index (Phi) is 7.02. The minimum absolute atomic E-state index is 0.175. The lowest BCUT2D eigenvalue weighted by Crippen LogP contribution is -2.33. The number of hydrogen-bond acceptors (Lipinski definition) is 12. The van der Waals surface area contributed by atoms with Gasteiger partial charge < -0.3 is 34.6 Å². The Balaban J connectivity index is 1.70. The second-order valence-electron chi connectivity index (χ2n) is 6.30. The molecule has 0 bridgehead atoms. The number of rotatable bonds is 8. The van der Waals surface area contributed by atoms with Gasteiger partial charge in [0.15, 0.2) is 10.9 Å². The van der Waals surface area contributed by atoms with Crippen LogP contribution in [0.5, 0.6) is 0 Å². The van der Waals surface area contributed by atoms with Crippen molar-refractivity contribution in [1.82, 2.24) is 19.5 Å². The average molecular weight is 522 g/mol. The van der Waals surface area contributed by atoms with Gasteiger partial charge in [0.2, 0.25) is 0 Å². The van der Waals surface area contributed by atoms with Gasteiger partial charge in [0.25, 0.3) is 0 Å². The fourth-order valence-corrected chi connectivity index (χ4v) is 6.38. The number of ether oxygens (including phenoxy) is 1. The zero-order valence-electron chi connectivity index (χ0n) is 15.4. The van der Waals surface area contributed by atoms with Crippen LogP contribution < -0.4 is 0 Å². The lowest BCUT2D eigenvalue weighted by Gasteiger charge is -2.19. The monoisotopic (exact) mass is 522 g/mol. The summed E-state index contributed by atoms with van der Waals surface area (Å²) < 4.78 is 53.6. The second-order valence-corrected chi connectivity index (χ2v) is 11.7. The number of fused-ring (bicyclic) bond motifs is 1. The summed E-state index contributed by atoms with van der Waals surface area (Å²) in [6.45, 7) is -0.329. The van der Waals surface area contributed by atoms with Crippen molar-refractivity contribution < 1.29 is 56.5 Å². The van der Waals surface area contributed by atoms with Crippen molar-refractivity contribution in [3.05, 3.63) is 17.3 Å². The third-order valence-corrected chi connectivity index (χ3v) is 8.32. The first-order valence-electron chi connectivity index (χ1n) is 8.14. The molecule has 3 rings (SSSR count). The summed E-state index contributed by atoms with van der Waals surface area (Å²) in [7, 11) is -15.3. The van der Waals surface area contributed by atoms with E-state index in [1.165, 1.54) is 17.2 Å². The minimum atomic E-state index is -5.44. The van der Waals surface area contributed by atoms with Crippen LogP contribution in [0.3, 0.4) is 0 Å². The molecule has 0 amide bonds. The molecule has 1 aliphatic rings. The first-order chi connectivity index (χ1) is 14.2. The lowest BCUT2D eigenvalue weighted by molar-refractivity contribution is -0.0503. The summed E-state index contributed by atoms with van der Waals surface area (Å²) in [4.78, 5) is 38.5. The molecule has 2 aromatic rings. The highest BCUT2D eigenvalue weighted by atomic mass is 32.1. The van der Waals surface area contributed by atoms with E-state index in [1.54, 1.807) is 0 Å². The number of aliphatic hydroxyl groups excluding tert-OH is 2. The maximum absolute atomic E-state index is 11.9. The number of nitrogens with one attached hydrogen (secondary N) is 1. The highest BCUT2D eigenvalue weighted by molar-refractivity contribution is 7.71. The predicted molar refractivity (Wildman–Crippen MR) is 102 cm³/mol. The number of imidazole rings is 1. The number of aliphatic hydroxyl groups is 2. The maximum atomic E-state index is 11.9. The van der Waals surface area contributed by atoms with Crippen molar-refractivity contribution in [2.45, 2.75) is 24.5 Å². The smallest absolute Gasteiger partial charge is 0.387 e. The summed E-state index contributed by atoms with van der Waals surface area (Å²) in [5.41, 5.74) is 0.617. The van der Waals surface area contributed by atoms with Gasteiger partial charge in [0.1, 0.15) is 29.5 Å². The van der Waals surface area contributed by atoms with Gasteiger partial charge in [-0.2, -0.15) is 4.31 Å². The number of phosphoric acid groups is 2. The van der Waals surface area contributed by atoms with E-state index in [0.717, 1.165) is 0 Å². The van der Waals surface area contributed by atoms with E-state index in [4.69, 9.17) is 21.8 Å². The quantitative estimate of drug-likeness (QED) is 0.200. The summed E-state index contributed by atoms with van der Waals surface area (Å²) in [5.74, 6) is 0. The first kappa shape index (κ1) is 24.7. The molecule has 0 aromatic carbocycles. The Hall–Kier alpha value is -0.900. The molecule has 7 atom stereocenters. The molecule has 20 heteroatoms. The predicted octanol–water partition coefficient (Wildman–Crippen LogP) is 0.174.